The van der Waals surface area contributed by atoms with Crippen molar-refractivity contribution in [1.82, 2.24) is 4.90 Å². The van der Waals surface area contributed by atoms with E-state index in [1.165, 1.54) is 0 Å². The monoisotopic (exact) mass is 275 g/mol. The molecule has 1 aliphatic heterocycles. The van der Waals surface area contributed by atoms with E-state index in [2.05, 4.69) is 6.92 Å². The number of amides is 1. The highest BCUT2D eigenvalue weighted by atomic mass is 16.5. The number of rotatable bonds is 4. The molecule has 0 unspecified atom stereocenters. The maximum atomic E-state index is 12.6. The van der Waals surface area contributed by atoms with Gasteiger partial charge < -0.3 is 9.64 Å². The molecule has 0 saturated carbocycles. The van der Waals surface area contributed by atoms with Crippen LogP contribution in [0.3, 0.4) is 0 Å². The minimum absolute atomic E-state index is 0.141. The lowest BCUT2D eigenvalue weighted by atomic mass is 9.99. The molecule has 20 heavy (non-hydrogen) atoms. The number of carbonyl (C=O) groups excluding carboxylic acids is 1. The van der Waals surface area contributed by atoms with Crippen LogP contribution < -0.4 is 4.74 Å². The average Bonchev–Trinajstić information content (AvgIpc) is 2.46. The van der Waals surface area contributed by atoms with Gasteiger partial charge in [-0.15, -0.1) is 0 Å². The third-order valence-corrected chi connectivity index (χ3v) is 4.10. The van der Waals surface area contributed by atoms with Crippen LogP contribution in [0.4, 0.5) is 0 Å². The smallest absolute Gasteiger partial charge is 0.263 e. The van der Waals surface area contributed by atoms with Gasteiger partial charge in [0, 0.05) is 13.1 Å². The predicted octanol–water partition coefficient (Wildman–Crippen LogP) is 3.41. The van der Waals surface area contributed by atoms with E-state index in [9.17, 15) is 4.79 Å². The lowest BCUT2D eigenvalue weighted by molar-refractivity contribution is -0.140. The number of piperidine rings is 1. The Morgan fingerprint density at radius 2 is 2.00 bits per heavy atom. The summed E-state index contributed by atoms with van der Waals surface area (Å²) >= 11 is 0. The van der Waals surface area contributed by atoms with E-state index in [0.29, 0.717) is 6.42 Å². The SMILES string of the molecule is CC[C@H](Oc1ccccc1C)C(=O)N1CCC(C)CC1. The first-order valence-electron chi connectivity index (χ1n) is 7.63. The van der Waals surface area contributed by atoms with Gasteiger partial charge in [0.1, 0.15) is 5.75 Å². The maximum Gasteiger partial charge on any atom is 0.263 e. The number of aryl methyl sites for hydroxylation is 1. The number of nitrogens with zero attached hydrogens (tertiary/aromatic N) is 1. The summed E-state index contributed by atoms with van der Waals surface area (Å²) < 4.78 is 5.95. The number of benzene rings is 1. The molecule has 1 atom stereocenters. The van der Waals surface area contributed by atoms with Gasteiger partial charge in [-0.2, -0.15) is 0 Å². The Labute approximate surface area is 121 Å². The summed E-state index contributed by atoms with van der Waals surface area (Å²) in [7, 11) is 0. The van der Waals surface area contributed by atoms with E-state index in [1.54, 1.807) is 0 Å². The van der Waals surface area contributed by atoms with Crippen LogP contribution in [0.1, 0.15) is 38.7 Å². The first kappa shape index (κ1) is 14.9. The van der Waals surface area contributed by atoms with Crippen molar-refractivity contribution >= 4 is 5.91 Å². The van der Waals surface area contributed by atoms with Crippen LogP contribution in [0.25, 0.3) is 0 Å². The second-order valence-electron chi connectivity index (χ2n) is 5.79. The largest absolute Gasteiger partial charge is 0.480 e. The van der Waals surface area contributed by atoms with Gasteiger partial charge in [0.2, 0.25) is 0 Å². The summed E-state index contributed by atoms with van der Waals surface area (Å²) in [5.41, 5.74) is 1.08. The van der Waals surface area contributed by atoms with Crippen molar-refractivity contribution in [2.45, 2.75) is 46.1 Å². The topological polar surface area (TPSA) is 29.5 Å². The highest BCUT2D eigenvalue weighted by Gasteiger charge is 2.27. The van der Waals surface area contributed by atoms with Crippen LogP contribution in [-0.2, 0) is 4.79 Å². The Morgan fingerprint density at radius 3 is 2.60 bits per heavy atom. The Balaban J connectivity index is 2.01. The van der Waals surface area contributed by atoms with Crippen molar-refractivity contribution in [1.29, 1.82) is 0 Å². The molecule has 0 aliphatic carbocycles. The van der Waals surface area contributed by atoms with Crippen LogP contribution in [0.5, 0.6) is 5.75 Å². The minimum Gasteiger partial charge on any atom is -0.480 e. The van der Waals surface area contributed by atoms with Crippen molar-refractivity contribution < 1.29 is 9.53 Å². The maximum absolute atomic E-state index is 12.6. The van der Waals surface area contributed by atoms with E-state index in [-0.39, 0.29) is 12.0 Å². The quantitative estimate of drug-likeness (QED) is 0.842. The molecule has 1 saturated heterocycles. The predicted molar refractivity (Wildman–Crippen MR) is 80.9 cm³/mol. The van der Waals surface area contributed by atoms with Crippen LogP contribution >= 0.6 is 0 Å². The minimum atomic E-state index is -0.357. The third-order valence-electron chi connectivity index (χ3n) is 4.10. The van der Waals surface area contributed by atoms with Crippen LogP contribution in [0, 0.1) is 12.8 Å². The van der Waals surface area contributed by atoms with E-state index >= 15 is 0 Å². The van der Waals surface area contributed by atoms with Crippen LogP contribution in [0.2, 0.25) is 0 Å². The fraction of sp³-hybridized carbons (Fsp3) is 0.588. The molecule has 1 aromatic carbocycles. The highest BCUT2D eigenvalue weighted by molar-refractivity contribution is 5.81. The van der Waals surface area contributed by atoms with E-state index in [4.69, 9.17) is 4.74 Å². The molecule has 1 aromatic rings. The molecule has 3 heteroatoms. The molecule has 0 bridgehead atoms. The summed E-state index contributed by atoms with van der Waals surface area (Å²) in [5, 5.41) is 0. The van der Waals surface area contributed by atoms with E-state index < -0.39 is 0 Å². The number of para-hydroxylation sites is 1. The zero-order chi connectivity index (χ0) is 14.5. The third kappa shape index (κ3) is 3.53. The molecule has 0 spiro atoms. The first-order chi connectivity index (χ1) is 9.61. The highest BCUT2D eigenvalue weighted by Crippen LogP contribution is 2.22. The van der Waals surface area contributed by atoms with Gasteiger partial charge in [-0.1, -0.05) is 32.0 Å². The number of hydrogen-bond donors (Lipinski definition) is 0. The molecule has 1 amide bonds. The number of carbonyl (C=O) groups is 1. The summed E-state index contributed by atoms with van der Waals surface area (Å²) in [6.07, 6.45) is 2.56. The van der Waals surface area contributed by atoms with Crippen molar-refractivity contribution in [3.8, 4) is 5.75 Å². The van der Waals surface area contributed by atoms with Gasteiger partial charge in [-0.05, 0) is 43.7 Å². The molecular formula is C17H25NO2. The average molecular weight is 275 g/mol. The fourth-order valence-electron chi connectivity index (χ4n) is 2.58. The lowest BCUT2D eigenvalue weighted by Crippen LogP contribution is -2.45. The Hall–Kier alpha value is -1.51. The second-order valence-corrected chi connectivity index (χ2v) is 5.79. The molecule has 2 rings (SSSR count). The zero-order valence-corrected chi connectivity index (χ0v) is 12.8. The Kier molecular flexibility index (Phi) is 5.05. The number of hydrogen-bond acceptors (Lipinski definition) is 2. The lowest BCUT2D eigenvalue weighted by Gasteiger charge is -2.33. The zero-order valence-electron chi connectivity index (χ0n) is 12.8. The number of likely N-dealkylation sites (tertiary alicyclic amines) is 1. The van der Waals surface area contributed by atoms with Crippen molar-refractivity contribution in [3.63, 3.8) is 0 Å². The number of ether oxygens (including phenoxy) is 1. The molecule has 0 aromatic heterocycles. The first-order valence-corrected chi connectivity index (χ1v) is 7.63. The van der Waals surface area contributed by atoms with Crippen LogP contribution in [0.15, 0.2) is 24.3 Å². The normalized spacial score (nSPS) is 17.9. The van der Waals surface area contributed by atoms with Gasteiger partial charge in [-0.25, -0.2) is 0 Å². The molecular weight excluding hydrogens is 250 g/mol. The summed E-state index contributed by atoms with van der Waals surface area (Å²) in [4.78, 5) is 14.5. The second kappa shape index (κ2) is 6.78. The van der Waals surface area contributed by atoms with Crippen molar-refractivity contribution in [3.05, 3.63) is 29.8 Å². The van der Waals surface area contributed by atoms with Gasteiger partial charge in [0.25, 0.3) is 5.91 Å². The molecule has 1 fully saturated rings. The molecule has 0 N–H and O–H groups in total. The Morgan fingerprint density at radius 1 is 1.35 bits per heavy atom. The van der Waals surface area contributed by atoms with Crippen LogP contribution in [-0.4, -0.2) is 30.0 Å². The standard InChI is InChI=1S/C17H25NO2/c1-4-15(20-16-8-6-5-7-14(16)3)17(19)18-11-9-13(2)10-12-18/h5-8,13,15H,4,9-12H2,1-3H3/t15-/m0/s1. The molecule has 0 radical (unpaired) electrons. The van der Waals surface area contributed by atoms with Gasteiger partial charge >= 0.3 is 0 Å². The van der Waals surface area contributed by atoms with E-state index in [0.717, 1.165) is 43.2 Å². The summed E-state index contributed by atoms with van der Waals surface area (Å²) in [6.45, 7) is 8.01. The van der Waals surface area contributed by atoms with Crippen molar-refractivity contribution in [2.24, 2.45) is 5.92 Å². The van der Waals surface area contributed by atoms with Gasteiger partial charge in [0.05, 0.1) is 0 Å². The summed E-state index contributed by atoms with van der Waals surface area (Å²) in [6, 6.07) is 7.87. The Bertz CT molecular complexity index is 450. The molecule has 1 heterocycles. The molecule has 1 aliphatic rings. The van der Waals surface area contributed by atoms with Crippen molar-refractivity contribution in [2.75, 3.05) is 13.1 Å². The molecule has 3 nitrogen and oxygen atoms in total. The van der Waals surface area contributed by atoms with E-state index in [1.807, 2.05) is 43.0 Å². The fourth-order valence-corrected chi connectivity index (χ4v) is 2.58. The van der Waals surface area contributed by atoms with Gasteiger partial charge in [0.15, 0.2) is 6.10 Å². The summed E-state index contributed by atoms with van der Waals surface area (Å²) in [5.74, 6) is 1.69. The van der Waals surface area contributed by atoms with Gasteiger partial charge in [-0.3, -0.25) is 4.79 Å². The molecule has 110 valence electrons.